The molecule has 11 heavy (non-hydrogen) atoms. The predicted molar refractivity (Wildman–Crippen MR) is 45.1 cm³/mol. The maximum atomic E-state index is 3.93. The highest BCUT2D eigenvalue weighted by Crippen LogP contribution is 2.33. The van der Waals surface area contributed by atoms with Crippen LogP contribution in [0, 0.1) is 5.92 Å². The van der Waals surface area contributed by atoms with E-state index in [0.717, 1.165) is 16.9 Å². The van der Waals surface area contributed by atoms with Crippen molar-refractivity contribution in [3.05, 3.63) is 10.3 Å². The number of halogens is 1. The first-order chi connectivity index (χ1) is 5.27. The summed E-state index contributed by atoms with van der Waals surface area (Å²) in [4.78, 5) is 0. The normalized spacial score (nSPS) is 17.3. The zero-order chi connectivity index (χ0) is 7.84. The fraction of sp³-hybridized carbons (Fsp3) is 0.714. The Kier molecular flexibility index (Phi) is 1.71. The van der Waals surface area contributed by atoms with Crippen LogP contribution in [0.25, 0.3) is 0 Å². The van der Waals surface area contributed by atoms with Crippen LogP contribution in [-0.2, 0) is 13.5 Å². The highest BCUT2D eigenvalue weighted by atomic mass is 79.9. The van der Waals surface area contributed by atoms with Crippen molar-refractivity contribution in [1.29, 1.82) is 0 Å². The van der Waals surface area contributed by atoms with Gasteiger partial charge in [-0.2, -0.15) is 0 Å². The van der Waals surface area contributed by atoms with E-state index in [1.54, 1.807) is 0 Å². The molecule has 0 aliphatic heterocycles. The molecule has 1 heterocycles. The van der Waals surface area contributed by atoms with Crippen LogP contribution < -0.4 is 0 Å². The number of hydrogen-bond donors (Lipinski definition) is 0. The fourth-order valence-electron chi connectivity index (χ4n) is 1.16. The summed E-state index contributed by atoms with van der Waals surface area (Å²) in [7, 11) is 1.94. The van der Waals surface area contributed by atoms with Gasteiger partial charge in [-0.1, -0.05) is 5.21 Å². The number of rotatable bonds is 2. The summed E-state index contributed by atoms with van der Waals surface area (Å²) in [6, 6.07) is 0. The van der Waals surface area contributed by atoms with Gasteiger partial charge in [-0.25, -0.2) is 0 Å². The summed E-state index contributed by atoms with van der Waals surface area (Å²) in [5.74, 6) is 0.892. The molecule has 0 saturated heterocycles. The van der Waals surface area contributed by atoms with Gasteiger partial charge in [0.2, 0.25) is 0 Å². The van der Waals surface area contributed by atoms with Crippen molar-refractivity contribution < 1.29 is 0 Å². The van der Waals surface area contributed by atoms with E-state index in [1.165, 1.54) is 18.5 Å². The lowest BCUT2D eigenvalue weighted by molar-refractivity contribution is 0.654. The Morgan fingerprint density at radius 3 is 2.82 bits per heavy atom. The molecule has 0 bridgehead atoms. The SMILES string of the molecule is Cn1nnc(Br)c1CC1CC1. The first-order valence-corrected chi connectivity index (χ1v) is 4.60. The topological polar surface area (TPSA) is 30.7 Å². The van der Waals surface area contributed by atoms with Crippen LogP contribution in [0.15, 0.2) is 4.60 Å². The minimum absolute atomic E-state index is 0.892. The second kappa shape index (κ2) is 2.59. The molecule has 1 aromatic heterocycles. The van der Waals surface area contributed by atoms with Gasteiger partial charge in [0.15, 0.2) is 4.60 Å². The number of aromatic nitrogens is 3. The molecule has 3 nitrogen and oxygen atoms in total. The van der Waals surface area contributed by atoms with Gasteiger partial charge in [-0.05, 0) is 41.1 Å². The summed E-state index contributed by atoms with van der Waals surface area (Å²) in [5, 5.41) is 7.84. The summed E-state index contributed by atoms with van der Waals surface area (Å²) in [6.07, 6.45) is 3.87. The van der Waals surface area contributed by atoms with Gasteiger partial charge >= 0.3 is 0 Å². The molecule has 1 fully saturated rings. The third-order valence-electron chi connectivity index (χ3n) is 2.07. The molecule has 0 unspecified atom stereocenters. The van der Waals surface area contributed by atoms with E-state index in [0.29, 0.717) is 0 Å². The zero-order valence-electron chi connectivity index (χ0n) is 6.42. The predicted octanol–water partition coefficient (Wildman–Crippen LogP) is 1.53. The fourth-order valence-corrected chi connectivity index (χ4v) is 1.65. The molecule has 2 rings (SSSR count). The van der Waals surface area contributed by atoms with E-state index >= 15 is 0 Å². The van der Waals surface area contributed by atoms with Gasteiger partial charge in [0.25, 0.3) is 0 Å². The van der Waals surface area contributed by atoms with Crippen LogP contribution in [-0.4, -0.2) is 15.0 Å². The Labute approximate surface area is 73.9 Å². The van der Waals surface area contributed by atoms with Crippen molar-refractivity contribution in [3.8, 4) is 0 Å². The second-order valence-corrected chi connectivity index (χ2v) is 3.85. The molecule has 60 valence electrons. The molecule has 0 atom stereocenters. The van der Waals surface area contributed by atoms with Crippen LogP contribution in [0.5, 0.6) is 0 Å². The minimum atomic E-state index is 0.892. The molecule has 0 aromatic carbocycles. The second-order valence-electron chi connectivity index (χ2n) is 3.10. The van der Waals surface area contributed by atoms with Crippen molar-refractivity contribution >= 4 is 15.9 Å². The monoisotopic (exact) mass is 215 g/mol. The molecule has 1 aliphatic rings. The van der Waals surface area contributed by atoms with E-state index in [-0.39, 0.29) is 0 Å². The Morgan fingerprint density at radius 1 is 1.64 bits per heavy atom. The Bertz CT molecular complexity index is 245. The lowest BCUT2D eigenvalue weighted by Gasteiger charge is -1.97. The molecule has 4 heteroatoms. The van der Waals surface area contributed by atoms with Crippen LogP contribution in [0.2, 0.25) is 0 Å². The third kappa shape index (κ3) is 1.45. The van der Waals surface area contributed by atoms with Gasteiger partial charge in [-0.3, -0.25) is 4.68 Å². The molecule has 0 amide bonds. The molecule has 1 saturated carbocycles. The van der Waals surface area contributed by atoms with Gasteiger partial charge in [-0.15, -0.1) is 5.10 Å². The minimum Gasteiger partial charge on any atom is -0.251 e. The van der Waals surface area contributed by atoms with Crippen LogP contribution in [0.3, 0.4) is 0 Å². The Morgan fingerprint density at radius 2 is 2.36 bits per heavy atom. The van der Waals surface area contributed by atoms with Crippen LogP contribution in [0.1, 0.15) is 18.5 Å². The largest absolute Gasteiger partial charge is 0.251 e. The quantitative estimate of drug-likeness (QED) is 0.750. The molecule has 1 aromatic rings. The molecular weight excluding hydrogens is 206 g/mol. The zero-order valence-corrected chi connectivity index (χ0v) is 8.00. The van der Waals surface area contributed by atoms with Crippen molar-refractivity contribution in [1.82, 2.24) is 15.0 Å². The molecular formula is C7H10BrN3. The van der Waals surface area contributed by atoms with Crippen LogP contribution >= 0.6 is 15.9 Å². The first-order valence-electron chi connectivity index (χ1n) is 3.81. The smallest absolute Gasteiger partial charge is 0.151 e. The van der Waals surface area contributed by atoms with Gasteiger partial charge in [0.1, 0.15) is 0 Å². The van der Waals surface area contributed by atoms with Gasteiger partial charge in [0.05, 0.1) is 5.69 Å². The third-order valence-corrected chi connectivity index (χ3v) is 2.69. The average Bonchev–Trinajstić information content (AvgIpc) is 2.73. The molecule has 0 spiro atoms. The Hall–Kier alpha value is -0.380. The van der Waals surface area contributed by atoms with E-state index < -0.39 is 0 Å². The summed E-state index contributed by atoms with van der Waals surface area (Å²) >= 11 is 3.38. The Balaban J connectivity index is 2.19. The van der Waals surface area contributed by atoms with Gasteiger partial charge < -0.3 is 0 Å². The van der Waals surface area contributed by atoms with E-state index in [9.17, 15) is 0 Å². The summed E-state index contributed by atoms with van der Waals surface area (Å²) in [5.41, 5.74) is 1.23. The van der Waals surface area contributed by atoms with Gasteiger partial charge in [0, 0.05) is 7.05 Å². The van der Waals surface area contributed by atoms with Crippen molar-refractivity contribution in [2.45, 2.75) is 19.3 Å². The van der Waals surface area contributed by atoms with E-state index in [1.807, 2.05) is 11.7 Å². The summed E-state index contributed by atoms with van der Waals surface area (Å²) < 4.78 is 2.76. The van der Waals surface area contributed by atoms with E-state index in [4.69, 9.17) is 0 Å². The summed E-state index contributed by atoms with van der Waals surface area (Å²) in [6.45, 7) is 0. The van der Waals surface area contributed by atoms with Crippen molar-refractivity contribution in [2.24, 2.45) is 13.0 Å². The lowest BCUT2D eigenvalue weighted by Crippen LogP contribution is -1.99. The van der Waals surface area contributed by atoms with Crippen molar-refractivity contribution in [2.75, 3.05) is 0 Å². The number of nitrogens with zero attached hydrogens (tertiary/aromatic N) is 3. The van der Waals surface area contributed by atoms with Crippen LogP contribution in [0.4, 0.5) is 0 Å². The number of aryl methyl sites for hydroxylation is 1. The molecule has 0 N–H and O–H groups in total. The van der Waals surface area contributed by atoms with Crippen molar-refractivity contribution in [3.63, 3.8) is 0 Å². The first kappa shape index (κ1) is 7.28. The molecule has 1 aliphatic carbocycles. The highest BCUT2D eigenvalue weighted by Gasteiger charge is 2.24. The average molecular weight is 216 g/mol. The standard InChI is InChI=1S/C7H10BrN3/c1-11-6(4-5-2-3-5)7(8)9-10-11/h5H,2-4H2,1H3. The maximum absolute atomic E-state index is 3.93. The number of hydrogen-bond acceptors (Lipinski definition) is 2. The maximum Gasteiger partial charge on any atom is 0.151 e. The molecule has 0 radical (unpaired) electrons. The highest BCUT2D eigenvalue weighted by molar-refractivity contribution is 9.10. The van der Waals surface area contributed by atoms with E-state index in [2.05, 4.69) is 26.2 Å². The lowest BCUT2D eigenvalue weighted by atomic mass is 10.2.